The summed E-state index contributed by atoms with van der Waals surface area (Å²) in [4.78, 5) is 12.7. The van der Waals surface area contributed by atoms with E-state index in [4.69, 9.17) is 16.3 Å². The van der Waals surface area contributed by atoms with E-state index in [0.717, 1.165) is 21.7 Å². The Balaban J connectivity index is 2.33. The Hall–Kier alpha value is -2.25. The molecule has 0 aliphatic carbocycles. The number of amides is 1. The molecule has 0 radical (unpaired) electrons. The smallest absolute Gasteiger partial charge is 0.247 e. The molecule has 0 fully saturated rings. The van der Waals surface area contributed by atoms with Gasteiger partial charge in [-0.1, -0.05) is 17.7 Å². The molecule has 2 aromatic carbocycles. The number of aryl methyl sites for hydroxylation is 2. The summed E-state index contributed by atoms with van der Waals surface area (Å²) in [5.41, 5.74) is 2.72. The van der Waals surface area contributed by atoms with Gasteiger partial charge in [0, 0.05) is 5.69 Å². The third-order valence-electron chi connectivity index (χ3n) is 3.97. The van der Waals surface area contributed by atoms with Gasteiger partial charge in [0.2, 0.25) is 15.9 Å². The van der Waals surface area contributed by atoms with Crippen LogP contribution in [0.1, 0.15) is 18.1 Å². The van der Waals surface area contributed by atoms with Crippen molar-refractivity contribution in [1.29, 1.82) is 0 Å². The van der Waals surface area contributed by atoms with Gasteiger partial charge in [-0.05, 0) is 62.2 Å². The number of benzene rings is 2. The van der Waals surface area contributed by atoms with E-state index in [0.29, 0.717) is 22.1 Å². The highest BCUT2D eigenvalue weighted by molar-refractivity contribution is 7.92. The van der Waals surface area contributed by atoms with E-state index in [-0.39, 0.29) is 0 Å². The SMILES string of the molecule is COc1ccc(NC(=O)C(C)N(c2cc(C)cc(C)c2)S(C)(=O)=O)cc1Cl. The molecule has 1 N–H and O–H groups in total. The average Bonchev–Trinajstić information content (AvgIpc) is 2.52. The number of hydrogen-bond acceptors (Lipinski definition) is 4. The highest BCUT2D eigenvalue weighted by atomic mass is 35.5. The van der Waals surface area contributed by atoms with Crippen LogP contribution in [0.4, 0.5) is 11.4 Å². The molecule has 0 aliphatic heterocycles. The van der Waals surface area contributed by atoms with Gasteiger partial charge in [-0.2, -0.15) is 0 Å². The largest absolute Gasteiger partial charge is 0.495 e. The van der Waals surface area contributed by atoms with Crippen LogP contribution in [0.25, 0.3) is 0 Å². The van der Waals surface area contributed by atoms with E-state index < -0.39 is 22.0 Å². The zero-order valence-corrected chi connectivity index (χ0v) is 17.5. The van der Waals surface area contributed by atoms with E-state index in [2.05, 4.69) is 5.32 Å². The minimum absolute atomic E-state index is 0.345. The van der Waals surface area contributed by atoms with Crippen LogP contribution in [0, 0.1) is 13.8 Å². The van der Waals surface area contributed by atoms with Gasteiger partial charge in [0.1, 0.15) is 11.8 Å². The molecule has 1 amide bonds. The van der Waals surface area contributed by atoms with Crippen molar-refractivity contribution in [3.8, 4) is 5.75 Å². The van der Waals surface area contributed by atoms with Gasteiger partial charge in [-0.15, -0.1) is 0 Å². The number of nitrogens with one attached hydrogen (secondary N) is 1. The fraction of sp³-hybridized carbons (Fsp3) is 0.316. The van der Waals surface area contributed by atoms with Crippen molar-refractivity contribution in [3.63, 3.8) is 0 Å². The summed E-state index contributed by atoms with van der Waals surface area (Å²) in [6, 6.07) is 9.27. The van der Waals surface area contributed by atoms with Crippen LogP contribution >= 0.6 is 11.6 Å². The maximum atomic E-state index is 12.7. The monoisotopic (exact) mass is 410 g/mol. The van der Waals surface area contributed by atoms with Crippen molar-refractivity contribution >= 4 is 38.9 Å². The molecule has 0 bridgehead atoms. The highest BCUT2D eigenvalue weighted by Gasteiger charge is 2.29. The molecule has 0 saturated carbocycles. The van der Waals surface area contributed by atoms with E-state index in [1.54, 1.807) is 37.3 Å². The highest BCUT2D eigenvalue weighted by Crippen LogP contribution is 2.28. The van der Waals surface area contributed by atoms with E-state index in [9.17, 15) is 13.2 Å². The molecule has 27 heavy (non-hydrogen) atoms. The lowest BCUT2D eigenvalue weighted by Crippen LogP contribution is -2.45. The molecule has 1 unspecified atom stereocenters. The number of ether oxygens (including phenoxy) is 1. The molecule has 1 atom stereocenters. The molecule has 0 heterocycles. The number of carbonyl (C=O) groups excluding carboxylic acids is 1. The number of sulfonamides is 1. The second-order valence-electron chi connectivity index (χ2n) is 6.42. The number of halogens is 1. The van der Waals surface area contributed by atoms with E-state index >= 15 is 0 Å². The van der Waals surface area contributed by atoms with Crippen molar-refractivity contribution in [2.24, 2.45) is 0 Å². The molecule has 6 nitrogen and oxygen atoms in total. The predicted molar refractivity (Wildman–Crippen MR) is 109 cm³/mol. The molecular formula is C19H23ClN2O4S. The molecule has 0 spiro atoms. The fourth-order valence-electron chi connectivity index (χ4n) is 2.88. The minimum Gasteiger partial charge on any atom is -0.495 e. The molecule has 0 saturated heterocycles. The topological polar surface area (TPSA) is 75.7 Å². The van der Waals surface area contributed by atoms with Crippen molar-refractivity contribution in [1.82, 2.24) is 0 Å². The number of hydrogen-bond donors (Lipinski definition) is 1. The molecule has 0 aromatic heterocycles. The lowest BCUT2D eigenvalue weighted by atomic mass is 10.1. The van der Waals surface area contributed by atoms with Gasteiger partial charge in [-0.3, -0.25) is 9.10 Å². The second kappa shape index (κ2) is 8.19. The Kier molecular flexibility index (Phi) is 6.38. The van der Waals surface area contributed by atoms with Gasteiger partial charge in [0.05, 0.1) is 24.1 Å². The van der Waals surface area contributed by atoms with E-state index in [1.807, 2.05) is 19.9 Å². The van der Waals surface area contributed by atoms with Gasteiger partial charge >= 0.3 is 0 Å². The van der Waals surface area contributed by atoms with Crippen LogP contribution in [0.5, 0.6) is 5.75 Å². The van der Waals surface area contributed by atoms with Gasteiger partial charge in [-0.25, -0.2) is 8.42 Å². The van der Waals surface area contributed by atoms with E-state index in [1.165, 1.54) is 7.11 Å². The molecule has 0 aliphatic rings. The van der Waals surface area contributed by atoms with Crippen LogP contribution in [0.3, 0.4) is 0 Å². The zero-order valence-electron chi connectivity index (χ0n) is 15.9. The van der Waals surface area contributed by atoms with Crippen LogP contribution in [0.15, 0.2) is 36.4 Å². The Morgan fingerprint density at radius 1 is 1.15 bits per heavy atom. The van der Waals surface area contributed by atoms with Crippen molar-refractivity contribution in [2.75, 3.05) is 23.0 Å². The van der Waals surface area contributed by atoms with Crippen molar-refractivity contribution in [2.45, 2.75) is 26.8 Å². The number of nitrogens with zero attached hydrogens (tertiary/aromatic N) is 1. The number of methoxy groups -OCH3 is 1. The average molecular weight is 411 g/mol. The quantitative estimate of drug-likeness (QED) is 0.786. The maximum absolute atomic E-state index is 12.7. The first-order chi connectivity index (χ1) is 12.5. The summed E-state index contributed by atoms with van der Waals surface area (Å²) < 4.78 is 31.0. The fourth-order valence-corrected chi connectivity index (χ4v) is 4.29. The van der Waals surface area contributed by atoms with Gasteiger partial charge in [0.15, 0.2) is 0 Å². The third-order valence-corrected chi connectivity index (χ3v) is 5.51. The number of anilines is 2. The normalized spacial score (nSPS) is 12.4. The Morgan fingerprint density at radius 3 is 2.22 bits per heavy atom. The Morgan fingerprint density at radius 2 is 1.74 bits per heavy atom. The predicted octanol–water partition coefficient (Wildman–Crippen LogP) is 3.76. The lowest BCUT2D eigenvalue weighted by Gasteiger charge is -2.28. The number of carbonyl (C=O) groups is 1. The van der Waals surface area contributed by atoms with Crippen LogP contribution in [-0.2, 0) is 14.8 Å². The van der Waals surface area contributed by atoms with Gasteiger partial charge < -0.3 is 10.1 Å². The first kappa shape index (κ1) is 21.1. The summed E-state index contributed by atoms with van der Waals surface area (Å²) in [6.45, 7) is 5.29. The van der Waals surface area contributed by atoms with Crippen molar-refractivity contribution < 1.29 is 17.9 Å². The number of rotatable bonds is 6. The maximum Gasteiger partial charge on any atom is 0.247 e. The summed E-state index contributed by atoms with van der Waals surface area (Å²) in [5.74, 6) is 0.0107. The molecule has 2 rings (SSSR count). The first-order valence-electron chi connectivity index (χ1n) is 8.25. The van der Waals surface area contributed by atoms with Crippen molar-refractivity contribution in [3.05, 3.63) is 52.5 Å². The molecular weight excluding hydrogens is 388 g/mol. The first-order valence-corrected chi connectivity index (χ1v) is 10.5. The second-order valence-corrected chi connectivity index (χ2v) is 8.69. The summed E-state index contributed by atoms with van der Waals surface area (Å²) in [7, 11) is -2.19. The van der Waals surface area contributed by atoms with Crippen LogP contribution in [-0.4, -0.2) is 33.7 Å². The standard InChI is InChI=1S/C19H23ClN2O4S/c1-12-8-13(2)10-16(9-12)22(27(5,24)25)14(3)19(23)21-15-6-7-18(26-4)17(20)11-15/h6-11,14H,1-5H3,(H,21,23). The minimum atomic E-state index is -3.68. The third kappa shape index (κ3) is 5.14. The molecule has 146 valence electrons. The molecule has 2 aromatic rings. The molecule has 8 heteroatoms. The Labute approximate surface area is 165 Å². The summed E-state index contributed by atoms with van der Waals surface area (Å²) in [5, 5.41) is 3.04. The van der Waals surface area contributed by atoms with Gasteiger partial charge in [0.25, 0.3) is 0 Å². The lowest BCUT2D eigenvalue weighted by molar-refractivity contribution is -0.116. The van der Waals surface area contributed by atoms with Crippen LogP contribution in [0.2, 0.25) is 5.02 Å². The zero-order chi connectivity index (χ0) is 20.4. The summed E-state index contributed by atoms with van der Waals surface area (Å²) in [6.07, 6.45) is 1.08. The Bertz CT molecular complexity index is 940. The summed E-state index contributed by atoms with van der Waals surface area (Å²) >= 11 is 6.08. The van der Waals surface area contributed by atoms with Crippen LogP contribution < -0.4 is 14.4 Å².